The largest absolute Gasteiger partial charge is 0.345 e. The van der Waals surface area contributed by atoms with Crippen LogP contribution in [0.5, 0.6) is 0 Å². The summed E-state index contributed by atoms with van der Waals surface area (Å²) in [7, 11) is 0. The number of rotatable bonds is 4. The maximum Gasteiger partial charge on any atom is 0.285 e. The fraction of sp³-hybridized carbons (Fsp3) is 0.462. The Morgan fingerprint density at radius 3 is 2.43 bits per heavy atom. The minimum Gasteiger partial charge on any atom is -0.345 e. The van der Waals surface area contributed by atoms with Crippen molar-refractivity contribution in [1.82, 2.24) is 5.32 Å². The first kappa shape index (κ1) is 15.3. The number of nitrogens with two attached hydrogens (primary N) is 1. The molecule has 0 aliphatic heterocycles. The first-order valence-electron chi connectivity index (χ1n) is 6.54. The van der Waals surface area contributed by atoms with Gasteiger partial charge in [0.2, 0.25) is 0 Å². The lowest BCUT2D eigenvalue weighted by atomic mass is 9.97. The molecular formula is C13H15F2N3O3. The Morgan fingerprint density at radius 1 is 1.33 bits per heavy atom. The van der Waals surface area contributed by atoms with Crippen LogP contribution in [0.4, 0.5) is 14.5 Å². The van der Waals surface area contributed by atoms with Crippen LogP contribution in [0.2, 0.25) is 0 Å². The van der Waals surface area contributed by atoms with Crippen LogP contribution < -0.4 is 11.1 Å². The second-order valence-electron chi connectivity index (χ2n) is 5.19. The summed E-state index contributed by atoms with van der Waals surface area (Å²) in [6.45, 7) is 0.191. The first-order chi connectivity index (χ1) is 9.88. The van der Waals surface area contributed by atoms with Crippen LogP contribution >= 0.6 is 0 Å². The molecule has 0 bridgehead atoms. The van der Waals surface area contributed by atoms with Crippen LogP contribution in [0.3, 0.4) is 0 Å². The summed E-state index contributed by atoms with van der Waals surface area (Å²) in [5.74, 6) is -3.49. The Bertz CT molecular complexity index is 586. The quantitative estimate of drug-likeness (QED) is 0.655. The molecule has 0 aromatic heterocycles. The summed E-state index contributed by atoms with van der Waals surface area (Å²) < 4.78 is 26.4. The van der Waals surface area contributed by atoms with Gasteiger partial charge < -0.3 is 11.1 Å². The molecule has 114 valence electrons. The second kappa shape index (κ2) is 5.72. The van der Waals surface area contributed by atoms with Crippen molar-refractivity contribution in [3.05, 3.63) is 39.4 Å². The highest BCUT2D eigenvalue weighted by molar-refractivity contribution is 5.98. The molecule has 1 aliphatic carbocycles. The SMILES string of the molecule is NCC1(NC(=O)c2cc(F)c(F)cc2[N+](=O)[O-])CCCC1. The van der Waals surface area contributed by atoms with E-state index in [1.807, 2.05) is 0 Å². The normalized spacial score (nSPS) is 16.7. The van der Waals surface area contributed by atoms with E-state index in [9.17, 15) is 23.7 Å². The molecule has 1 fully saturated rings. The summed E-state index contributed by atoms with van der Waals surface area (Å²) in [5.41, 5.74) is 3.77. The Balaban J connectivity index is 2.34. The third-order valence-corrected chi connectivity index (χ3v) is 3.81. The molecule has 0 unspecified atom stereocenters. The molecule has 1 aromatic carbocycles. The van der Waals surface area contributed by atoms with Crippen molar-refractivity contribution in [2.75, 3.05) is 6.54 Å². The number of carbonyl (C=O) groups excluding carboxylic acids is 1. The molecule has 0 atom stereocenters. The standard InChI is InChI=1S/C13H15F2N3O3/c14-9-5-8(11(18(20)21)6-10(9)15)12(19)17-13(7-16)3-1-2-4-13/h5-6H,1-4,7,16H2,(H,17,19). The number of nitrogens with zero attached hydrogens (tertiary/aromatic N) is 1. The van der Waals surface area contributed by atoms with E-state index in [2.05, 4.69) is 5.32 Å². The molecule has 6 nitrogen and oxygen atoms in total. The van der Waals surface area contributed by atoms with Crippen molar-refractivity contribution >= 4 is 11.6 Å². The van der Waals surface area contributed by atoms with E-state index in [0.29, 0.717) is 25.0 Å². The van der Waals surface area contributed by atoms with Gasteiger partial charge in [-0.25, -0.2) is 8.78 Å². The lowest BCUT2D eigenvalue weighted by molar-refractivity contribution is -0.385. The highest BCUT2D eigenvalue weighted by Crippen LogP contribution is 2.30. The van der Waals surface area contributed by atoms with E-state index in [1.54, 1.807) is 0 Å². The van der Waals surface area contributed by atoms with Crippen molar-refractivity contribution in [3.63, 3.8) is 0 Å². The van der Waals surface area contributed by atoms with Crippen molar-refractivity contribution in [2.45, 2.75) is 31.2 Å². The second-order valence-corrected chi connectivity index (χ2v) is 5.19. The Morgan fingerprint density at radius 2 is 1.90 bits per heavy atom. The molecule has 0 saturated heterocycles. The summed E-state index contributed by atoms with van der Waals surface area (Å²) in [6, 6.07) is 0.954. The predicted molar refractivity (Wildman–Crippen MR) is 70.7 cm³/mol. The van der Waals surface area contributed by atoms with Crippen LogP contribution in [0.1, 0.15) is 36.0 Å². The molecule has 1 aromatic rings. The van der Waals surface area contributed by atoms with Gasteiger partial charge in [-0.2, -0.15) is 0 Å². The lowest BCUT2D eigenvalue weighted by Crippen LogP contribution is -2.51. The summed E-state index contributed by atoms with van der Waals surface area (Å²) in [4.78, 5) is 22.2. The monoisotopic (exact) mass is 299 g/mol. The Labute approximate surface area is 119 Å². The van der Waals surface area contributed by atoms with Crippen LogP contribution in [0.15, 0.2) is 12.1 Å². The van der Waals surface area contributed by atoms with Gasteiger partial charge in [0, 0.05) is 6.54 Å². The fourth-order valence-electron chi connectivity index (χ4n) is 2.61. The summed E-state index contributed by atoms with van der Waals surface area (Å²) >= 11 is 0. The van der Waals surface area contributed by atoms with E-state index >= 15 is 0 Å². The average molecular weight is 299 g/mol. The Hall–Kier alpha value is -2.09. The van der Waals surface area contributed by atoms with Gasteiger partial charge in [0.05, 0.1) is 16.5 Å². The zero-order chi connectivity index (χ0) is 15.6. The predicted octanol–water partition coefficient (Wildman–Crippen LogP) is 1.87. The van der Waals surface area contributed by atoms with Gasteiger partial charge in [0.25, 0.3) is 11.6 Å². The zero-order valence-corrected chi connectivity index (χ0v) is 11.2. The van der Waals surface area contributed by atoms with E-state index in [1.165, 1.54) is 0 Å². The number of benzene rings is 1. The van der Waals surface area contributed by atoms with Crippen LogP contribution in [0.25, 0.3) is 0 Å². The van der Waals surface area contributed by atoms with Gasteiger partial charge >= 0.3 is 0 Å². The topological polar surface area (TPSA) is 98.3 Å². The molecular weight excluding hydrogens is 284 g/mol. The number of amides is 1. The number of nitrogens with one attached hydrogen (secondary N) is 1. The zero-order valence-electron chi connectivity index (χ0n) is 11.2. The molecule has 2 rings (SSSR count). The molecule has 1 aliphatic rings. The smallest absolute Gasteiger partial charge is 0.285 e. The highest BCUT2D eigenvalue weighted by Gasteiger charge is 2.36. The maximum absolute atomic E-state index is 13.3. The maximum atomic E-state index is 13.3. The van der Waals surface area contributed by atoms with Gasteiger partial charge in [-0.05, 0) is 18.9 Å². The van der Waals surface area contributed by atoms with Crippen molar-refractivity contribution < 1.29 is 18.5 Å². The van der Waals surface area contributed by atoms with E-state index in [-0.39, 0.29) is 6.54 Å². The number of nitro groups is 1. The van der Waals surface area contributed by atoms with Crippen LogP contribution in [-0.4, -0.2) is 22.9 Å². The molecule has 0 radical (unpaired) electrons. The van der Waals surface area contributed by atoms with E-state index in [0.717, 1.165) is 12.8 Å². The molecule has 8 heteroatoms. The minimum atomic E-state index is -1.37. The Kier molecular flexibility index (Phi) is 4.17. The molecule has 1 amide bonds. The number of carbonyl (C=O) groups is 1. The third-order valence-electron chi connectivity index (χ3n) is 3.81. The summed E-state index contributed by atoms with van der Waals surface area (Å²) in [5, 5.41) is 13.5. The number of nitro benzene ring substituents is 1. The minimum absolute atomic E-state index is 0.191. The number of hydrogen-bond acceptors (Lipinski definition) is 4. The summed E-state index contributed by atoms with van der Waals surface area (Å²) in [6.07, 6.45) is 3.09. The molecule has 0 spiro atoms. The van der Waals surface area contributed by atoms with Gasteiger partial charge in [-0.15, -0.1) is 0 Å². The van der Waals surface area contributed by atoms with E-state index in [4.69, 9.17) is 5.73 Å². The van der Waals surface area contributed by atoms with Crippen molar-refractivity contribution in [1.29, 1.82) is 0 Å². The van der Waals surface area contributed by atoms with Crippen molar-refractivity contribution in [2.24, 2.45) is 5.73 Å². The first-order valence-corrected chi connectivity index (χ1v) is 6.54. The van der Waals surface area contributed by atoms with E-state index < -0.39 is 39.3 Å². The number of halogens is 2. The molecule has 0 heterocycles. The highest BCUT2D eigenvalue weighted by atomic mass is 19.2. The van der Waals surface area contributed by atoms with Gasteiger partial charge in [0.1, 0.15) is 5.56 Å². The van der Waals surface area contributed by atoms with Crippen LogP contribution in [0, 0.1) is 21.7 Å². The molecule has 1 saturated carbocycles. The van der Waals surface area contributed by atoms with Crippen LogP contribution in [-0.2, 0) is 0 Å². The molecule has 3 N–H and O–H groups in total. The fourth-order valence-corrected chi connectivity index (χ4v) is 2.61. The van der Waals surface area contributed by atoms with Gasteiger partial charge in [-0.1, -0.05) is 12.8 Å². The van der Waals surface area contributed by atoms with Crippen molar-refractivity contribution in [3.8, 4) is 0 Å². The third kappa shape index (κ3) is 2.99. The average Bonchev–Trinajstić information content (AvgIpc) is 2.90. The molecule has 21 heavy (non-hydrogen) atoms. The lowest BCUT2D eigenvalue weighted by Gasteiger charge is -2.28. The number of hydrogen-bond donors (Lipinski definition) is 2. The van der Waals surface area contributed by atoms with Gasteiger partial charge in [-0.3, -0.25) is 14.9 Å². The van der Waals surface area contributed by atoms with Gasteiger partial charge in [0.15, 0.2) is 11.6 Å².